The van der Waals surface area contributed by atoms with Crippen LogP contribution in [0.2, 0.25) is 0 Å². The maximum Gasteiger partial charge on any atom is 0.171 e. The summed E-state index contributed by atoms with van der Waals surface area (Å²) in [5, 5.41) is 9.12. The molecule has 0 aliphatic carbocycles. The molecule has 0 amide bonds. The van der Waals surface area contributed by atoms with Gasteiger partial charge in [-0.15, -0.1) is 6.58 Å². The number of hydrogen-bond acceptors (Lipinski definition) is 3. The summed E-state index contributed by atoms with van der Waals surface area (Å²) in [5.41, 5.74) is 0. The van der Waals surface area contributed by atoms with Crippen LogP contribution in [0.25, 0.3) is 0 Å². The third-order valence-electron chi connectivity index (χ3n) is 0.677. The summed E-state index contributed by atoms with van der Waals surface area (Å²) >= 11 is 4.77. The molecule has 0 bridgehead atoms. The van der Waals surface area contributed by atoms with Gasteiger partial charge in [0.2, 0.25) is 0 Å². The fourth-order valence-electron chi connectivity index (χ4n) is 0.312. The van der Waals surface area contributed by atoms with Crippen LogP contribution in [-0.4, -0.2) is 18.0 Å². The fourth-order valence-corrected chi connectivity index (χ4v) is 0.448. The Morgan fingerprint density at radius 1 is 1.80 bits per heavy atom. The van der Waals surface area contributed by atoms with Gasteiger partial charge < -0.3 is 16.5 Å². The molecule has 0 aromatic heterocycles. The van der Waals surface area contributed by atoms with Crippen LogP contribution in [0.5, 0.6) is 0 Å². The number of nitrogens with one attached hydrogen (secondary N) is 2. The van der Waals surface area contributed by atoms with Crippen molar-refractivity contribution in [1.29, 1.82) is 0 Å². The Morgan fingerprint density at radius 2 is 2.50 bits per heavy atom. The third kappa shape index (κ3) is 5.04. The highest BCUT2D eigenvalue weighted by Gasteiger charge is 1.85. The molecule has 56 valence electrons. The third-order valence-corrected chi connectivity index (χ3v) is 0.939. The summed E-state index contributed by atoms with van der Waals surface area (Å²) in [6.45, 7) is 4.13. The predicted molar refractivity (Wildman–Crippen MR) is 46.6 cm³/mol. The van der Waals surface area contributed by atoms with Crippen molar-refractivity contribution < 1.29 is 0 Å². The van der Waals surface area contributed by atoms with Gasteiger partial charge in [0.25, 0.3) is 0 Å². The molecule has 0 rings (SSSR count). The van der Waals surface area contributed by atoms with Gasteiger partial charge in [0.1, 0.15) is 6.34 Å². The maximum absolute atomic E-state index is 4.80. The van der Waals surface area contributed by atoms with Crippen LogP contribution in [-0.2, 0) is 0 Å². The summed E-state index contributed by atoms with van der Waals surface area (Å²) < 4.78 is 0. The van der Waals surface area contributed by atoms with Crippen molar-refractivity contribution in [1.82, 2.24) is 10.6 Å². The molecule has 4 N–H and O–H groups in total. The van der Waals surface area contributed by atoms with Gasteiger partial charge in [0, 0.05) is 6.54 Å². The zero-order valence-electron chi connectivity index (χ0n) is 5.50. The van der Waals surface area contributed by atoms with E-state index < -0.39 is 0 Å². The SMILES string of the molecule is C=CCNC(=S)NC=NN. The van der Waals surface area contributed by atoms with E-state index in [0.717, 1.165) is 0 Å². The normalized spacial score (nSPS) is 9.20. The van der Waals surface area contributed by atoms with Crippen LogP contribution in [0.4, 0.5) is 0 Å². The first-order chi connectivity index (χ1) is 4.81. The predicted octanol–water partition coefficient (Wildman–Crippen LogP) is -0.461. The van der Waals surface area contributed by atoms with Gasteiger partial charge in [0.15, 0.2) is 5.11 Å². The lowest BCUT2D eigenvalue weighted by Crippen LogP contribution is -2.34. The van der Waals surface area contributed by atoms with Crippen molar-refractivity contribution in [3.8, 4) is 0 Å². The molecule has 0 saturated heterocycles. The molecule has 0 aromatic rings. The average molecular weight is 158 g/mol. The van der Waals surface area contributed by atoms with E-state index in [1.165, 1.54) is 6.34 Å². The molecule has 0 spiro atoms. The fraction of sp³-hybridized carbons (Fsp3) is 0.200. The van der Waals surface area contributed by atoms with Gasteiger partial charge in [-0.2, -0.15) is 5.10 Å². The molecule has 5 heteroatoms. The lowest BCUT2D eigenvalue weighted by atomic mass is 10.6. The Bertz CT molecular complexity index is 143. The molecule has 4 nitrogen and oxygen atoms in total. The number of hydrazone groups is 1. The summed E-state index contributed by atoms with van der Waals surface area (Å²) in [4.78, 5) is 0. The molecule has 0 unspecified atom stereocenters. The van der Waals surface area contributed by atoms with Gasteiger partial charge in [-0.3, -0.25) is 0 Å². The maximum atomic E-state index is 4.80. The highest BCUT2D eigenvalue weighted by molar-refractivity contribution is 7.80. The minimum atomic E-state index is 0.481. The Labute approximate surface area is 65.2 Å². The first-order valence-corrected chi connectivity index (χ1v) is 3.09. The molecule has 0 atom stereocenters. The number of rotatable bonds is 3. The molecular formula is C5H10N4S. The van der Waals surface area contributed by atoms with Crippen LogP contribution < -0.4 is 16.5 Å². The van der Waals surface area contributed by atoms with Crippen LogP contribution in [0.3, 0.4) is 0 Å². The van der Waals surface area contributed by atoms with E-state index in [1.54, 1.807) is 6.08 Å². The van der Waals surface area contributed by atoms with Gasteiger partial charge in [-0.05, 0) is 12.2 Å². The van der Waals surface area contributed by atoms with E-state index in [0.29, 0.717) is 11.7 Å². The highest BCUT2D eigenvalue weighted by atomic mass is 32.1. The largest absolute Gasteiger partial charge is 0.359 e. The lowest BCUT2D eigenvalue weighted by molar-refractivity contribution is 1.03. The molecule has 0 aliphatic heterocycles. The monoisotopic (exact) mass is 158 g/mol. The van der Waals surface area contributed by atoms with Gasteiger partial charge in [-0.25, -0.2) is 0 Å². The topological polar surface area (TPSA) is 62.4 Å². The lowest BCUT2D eigenvalue weighted by Gasteiger charge is -2.01. The van der Waals surface area contributed by atoms with Gasteiger partial charge in [0.05, 0.1) is 0 Å². The van der Waals surface area contributed by atoms with Crippen molar-refractivity contribution in [2.45, 2.75) is 0 Å². The molecule has 0 aromatic carbocycles. The highest BCUT2D eigenvalue weighted by Crippen LogP contribution is 1.63. The second-order valence-corrected chi connectivity index (χ2v) is 1.83. The number of nitrogens with two attached hydrogens (primary N) is 1. The van der Waals surface area contributed by atoms with E-state index >= 15 is 0 Å². The average Bonchev–Trinajstić information content (AvgIpc) is 1.97. The Balaban J connectivity index is 3.34. The van der Waals surface area contributed by atoms with Crippen LogP contribution in [0, 0.1) is 0 Å². The van der Waals surface area contributed by atoms with Gasteiger partial charge in [-0.1, -0.05) is 6.08 Å². The van der Waals surface area contributed by atoms with Gasteiger partial charge >= 0.3 is 0 Å². The van der Waals surface area contributed by atoms with Crippen LogP contribution in [0.15, 0.2) is 17.8 Å². The van der Waals surface area contributed by atoms with E-state index in [9.17, 15) is 0 Å². The Kier molecular flexibility index (Phi) is 5.36. The molecule has 0 fully saturated rings. The minimum absolute atomic E-state index is 0.481. The van der Waals surface area contributed by atoms with Crippen LogP contribution >= 0.6 is 12.2 Å². The zero-order valence-corrected chi connectivity index (χ0v) is 6.32. The van der Waals surface area contributed by atoms with E-state index in [2.05, 4.69) is 22.3 Å². The van der Waals surface area contributed by atoms with E-state index in [1.807, 2.05) is 0 Å². The summed E-state index contributed by atoms with van der Waals surface area (Å²) in [6, 6.07) is 0. The van der Waals surface area contributed by atoms with E-state index in [-0.39, 0.29) is 0 Å². The van der Waals surface area contributed by atoms with Crippen molar-refractivity contribution in [3.63, 3.8) is 0 Å². The van der Waals surface area contributed by atoms with Crippen molar-refractivity contribution in [2.75, 3.05) is 6.54 Å². The van der Waals surface area contributed by atoms with E-state index in [4.69, 9.17) is 18.1 Å². The first kappa shape index (κ1) is 8.90. The summed E-state index contributed by atoms with van der Waals surface area (Å²) in [5.74, 6) is 4.80. The molecule has 0 saturated carbocycles. The van der Waals surface area contributed by atoms with Crippen molar-refractivity contribution in [2.24, 2.45) is 10.9 Å². The van der Waals surface area contributed by atoms with Crippen molar-refractivity contribution >= 4 is 23.7 Å². The number of thiocarbonyl (C=S) groups is 1. The molecule has 0 radical (unpaired) electrons. The Hall–Kier alpha value is -1.10. The minimum Gasteiger partial charge on any atom is -0.359 e. The summed E-state index contributed by atoms with van der Waals surface area (Å²) in [7, 11) is 0. The molecular weight excluding hydrogens is 148 g/mol. The molecule has 0 aliphatic rings. The second-order valence-electron chi connectivity index (χ2n) is 1.42. The standard InChI is InChI=1S/C5H10N4S/c1-2-3-7-5(10)8-4-9-6/h2,4H,1,3,6H2,(H2,7,8,9,10). The number of hydrogen-bond donors (Lipinski definition) is 3. The van der Waals surface area contributed by atoms with Crippen LogP contribution in [0.1, 0.15) is 0 Å². The Morgan fingerprint density at radius 3 is 3.00 bits per heavy atom. The van der Waals surface area contributed by atoms with Crippen molar-refractivity contribution in [3.05, 3.63) is 12.7 Å². The number of nitrogens with zero attached hydrogens (tertiary/aromatic N) is 1. The first-order valence-electron chi connectivity index (χ1n) is 2.68. The second kappa shape index (κ2) is 6.03. The molecule has 10 heavy (non-hydrogen) atoms. The zero-order chi connectivity index (χ0) is 7.82. The summed E-state index contributed by atoms with van der Waals surface area (Å²) in [6.07, 6.45) is 3.01. The quantitative estimate of drug-likeness (QED) is 0.130. The molecule has 0 heterocycles. The smallest absolute Gasteiger partial charge is 0.171 e.